The van der Waals surface area contributed by atoms with Crippen molar-refractivity contribution in [3.8, 4) is 0 Å². The fourth-order valence-electron chi connectivity index (χ4n) is 1.66. The van der Waals surface area contributed by atoms with Gasteiger partial charge in [0.15, 0.2) is 0 Å². The van der Waals surface area contributed by atoms with Crippen LogP contribution in [0.4, 0.5) is 5.69 Å². The highest BCUT2D eigenvalue weighted by molar-refractivity contribution is 7.93. The van der Waals surface area contributed by atoms with E-state index in [0.29, 0.717) is 15.7 Å². The third-order valence-corrected chi connectivity index (χ3v) is 5.53. The van der Waals surface area contributed by atoms with Gasteiger partial charge in [0.1, 0.15) is 4.90 Å². The first-order chi connectivity index (χ1) is 9.34. The van der Waals surface area contributed by atoms with Gasteiger partial charge in [0.05, 0.1) is 15.7 Å². The van der Waals surface area contributed by atoms with Gasteiger partial charge in [0.2, 0.25) is 0 Å². The number of nitrogens with zero attached hydrogens (tertiary/aromatic N) is 1. The molecule has 0 aliphatic carbocycles. The van der Waals surface area contributed by atoms with Gasteiger partial charge < -0.3 is 0 Å². The van der Waals surface area contributed by atoms with Crippen molar-refractivity contribution in [3.63, 3.8) is 0 Å². The Bertz CT molecular complexity index is 747. The topological polar surface area (TPSA) is 37.4 Å². The van der Waals surface area contributed by atoms with Gasteiger partial charge in [-0.1, -0.05) is 46.9 Å². The quantitative estimate of drug-likeness (QED) is 0.819. The summed E-state index contributed by atoms with van der Waals surface area (Å²) in [4.78, 5) is -0.0610. The highest BCUT2D eigenvalue weighted by Gasteiger charge is 2.25. The van der Waals surface area contributed by atoms with Crippen molar-refractivity contribution in [1.82, 2.24) is 0 Å². The van der Waals surface area contributed by atoms with E-state index >= 15 is 0 Å². The summed E-state index contributed by atoms with van der Waals surface area (Å²) in [5.74, 6) is 0. The van der Waals surface area contributed by atoms with Crippen LogP contribution in [0.3, 0.4) is 0 Å². The molecule has 0 bridgehead atoms. The number of sulfonamides is 1. The molecule has 0 saturated heterocycles. The van der Waals surface area contributed by atoms with Crippen LogP contribution in [-0.4, -0.2) is 15.5 Å². The van der Waals surface area contributed by atoms with Crippen molar-refractivity contribution in [2.75, 3.05) is 11.4 Å². The van der Waals surface area contributed by atoms with Crippen LogP contribution in [0.25, 0.3) is 0 Å². The molecule has 2 aromatic carbocycles. The average molecular weight is 351 g/mol. The lowest BCUT2D eigenvalue weighted by Crippen LogP contribution is -2.27. The van der Waals surface area contributed by atoms with Crippen LogP contribution in [-0.2, 0) is 10.0 Å². The van der Waals surface area contributed by atoms with Crippen molar-refractivity contribution >= 4 is 50.5 Å². The minimum Gasteiger partial charge on any atom is -0.268 e. The molecule has 0 spiro atoms. The van der Waals surface area contributed by atoms with Crippen LogP contribution in [0.5, 0.6) is 0 Å². The van der Waals surface area contributed by atoms with E-state index in [2.05, 4.69) is 0 Å². The molecule has 20 heavy (non-hydrogen) atoms. The fourth-order valence-corrected chi connectivity index (χ4v) is 3.92. The van der Waals surface area contributed by atoms with Crippen LogP contribution >= 0.6 is 34.8 Å². The second kappa shape index (κ2) is 5.82. The Morgan fingerprint density at radius 2 is 1.60 bits per heavy atom. The summed E-state index contributed by atoms with van der Waals surface area (Å²) in [5, 5.41) is 0.727. The summed E-state index contributed by atoms with van der Waals surface area (Å²) >= 11 is 17.8. The molecule has 0 atom stereocenters. The molecule has 2 rings (SSSR count). The number of halogens is 3. The minimum absolute atomic E-state index is 0.0610. The van der Waals surface area contributed by atoms with Crippen LogP contribution in [0.15, 0.2) is 47.4 Å². The van der Waals surface area contributed by atoms with Crippen molar-refractivity contribution in [1.29, 1.82) is 0 Å². The SMILES string of the molecule is CN(c1ccccc1Cl)S(=O)(=O)c1cc(Cl)ccc1Cl. The third kappa shape index (κ3) is 2.88. The molecule has 0 aliphatic heterocycles. The summed E-state index contributed by atoms with van der Waals surface area (Å²) in [7, 11) is -2.42. The summed E-state index contributed by atoms with van der Waals surface area (Å²) in [5.41, 5.74) is 0.366. The zero-order valence-electron chi connectivity index (χ0n) is 10.3. The smallest absolute Gasteiger partial charge is 0.265 e. The first kappa shape index (κ1) is 15.4. The van der Waals surface area contributed by atoms with Crippen molar-refractivity contribution in [2.45, 2.75) is 4.90 Å². The molecular weight excluding hydrogens is 341 g/mol. The van der Waals surface area contributed by atoms with Gasteiger partial charge in [0.25, 0.3) is 10.0 Å². The van der Waals surface area contributed by atoms with E-state index in [-0.39, 0.29) is 9.92 Å². The predicted octanol–water partition coefficient (Wildman–Crippen LogP) is 4.47. The molecule has 0 saturated carbocycles. The van der Waals surface area contributed by atoms with Crippen LogP contribution in [0, 0.1) is 0 Å². The predicted molar refractivity (Wildman–Crippen MR) is 83.5 cm³/mol. The van der Waals surface area contributed by atoms with Gasteiger partial charge in [0, 0.05) is 12.1 Å². The maximum atomic E-state index is 12.6. The van der Waals surface area contributed by atoms with Crippen molar-refractivity contribution in [3.05, 3.63) is 57.5 Å². The Morgan fingerprint density at radius 3 is 2.25 bits per heavy atom. The van der Waals surface area contributed by atoms with Gasteiger partial charge in [-0.25, -0.2) is 8.42 Å². The standard InChI is InChI=1S/C13H10Cl3NO2S/c1-17(12-5-3-2-4-10(12)15)20(18,19)13-8-9(14)6-7-11(13)16/h2-8H,1H3. The zero-order valence-corrected chi connectivity index (χ0v) is 13.4. The van der Waals surface area contributed by atoms with Crippen molar-refractivity contribution < 1.29 is 8.42 Å². The van der Waals surface area contributed by atoms with Crippen LogP contribution < -0.4 is 4.31 Å². The lowest BCUT2D eigenvalue weighted by molar-refractivity contribution is 0.594. The molecule has 0 unspecified atom stereocenters. The largest absolute Gasteiger partial charge is 0.268 e. The van der Waals surface area contributed by atoms with Gasteiger partial charge in [-0.3, -0.25) is 4.31 Å². The lowest BCUT2D eigenvalue weighted by atomic mass is 10.3. The van der Waals surface area contributed by atoms with Gasteiger partial charge in [-0.05, 0) is 30.3 Å². The Hall–Kier alpha value is -0.940. The molecule has 106 valence electrons. The maximum absolute atomic E-state index is 12.6. The molecule has 2 aromatic rings. The molecule has 7 heteroatoms. The molecule has 0 radical (unpaired) electrons. The van der Waals surface area contributed by atoms with Crippen LogP contribution in [0.2, 0.25) is 15.1 Å². The normalized spacial score (nSPS) is 11.4. The van der Waals surface area contributed by atoms with Gasteiger partial charge >= 0.3 is 0 Å². The average Bonchev–Trinajstić information content (AvgIpc) is 2.41. The maximum Gasteiger partial charge on any atom is 0.265 e. The number of anilines is 1. The summed E-state index contributed by atoms with van der Waals surface area (Å²) in [6, 6.07) is 10.9. The van der Waals surface area contributed by atoms with E-state index in [4.69, 9.17) is 34.8 Å². The molecule has 3 nitrogen and oxygen atoms in total. The molecule has 0 aromatic heterocycles. The Morgan fingerprint density at radius 1 is 0.950 bits per heavy atom. The molecule has 0 fully saturated rings. The number of rotatable bonds is 3. The number of benzene rings is 2. The number of hydrogen-bond donors (Lipinski definition) is 0. The van der Waals surface area contributed by atoms with Crippen molar-refractivity contribution in [2.24, 2.45) is 0 Å². The fraction of sp³-hybridized carbons (Fsp3) is 0.0769. The van der Waals surface area contributed by atoms with Gasteiger partial charge in [-0.2, -0.15) is 0 Å². The van der Waals surface area contributed by atoms with Gasteiger partial charge in [-0.15, -0.1) is 0 Å². The van der Waals surface area contributed by atoms with E-state index in [1.807, 2.05) is 0 Å². The van der Waals surface area contributed by atoms with E-state index in [1.165, 1.54) is 25.2 Å². The number of hydrogen-bond acceptors (Lipinski definition) is 2. The number of para-hydroxylation sites is 1. The first-order valence-electron chi connectivity index (χ1n) is 5.52. The Kier molecular flexibility index (Phi) is 4.49. The second-order valence-electron chi connectivity index (χ2n) is 4.00. The molecule has 0 amide bonds. The zero-order chi connectivity index (χ0) is 14.9. The first-order valence-corrected chi connectivity index (χ1v) is 8.10. The molecule has 0 N–H and O–H groups in total. The highest BCUT2D eigenvalue weighted by Crippen LogP contribution is 2.32. The minimum atomic E-state index is -3.84. The van der Waals surface area contributed by atoms with E-state index < -0.39 is 10.0 Å². The summed E-state index contributed by atoms with van der Waals surface area (Å²) in [6.45, 7) is 0. The Balaban J connectivity index is 2.56. The van der Waals surface area contributed by atoms with E-state index in [0.717, 1.165) is 4.31 Å². The summed E-state index contributed by atoms with van der Waals surface area (Å²) < 4.78 is 26.2. The second-order valence-corrected chi connectivity index (χ2v) is 7.19. The Labute approximate surface area is 132 Å². The van der Waals surface area contributed by atoms with Crippen LogP contribution in [0.1, 0.15) is 0 Å². The molecule has 0 heterocycles. The highest BCUT2D eigenvalue weighted by atomic mass is 35.5. The molecular formula is C13H10Cl3NO2S. The lowest BCUT2D eigenvalue weighted by Gasteiger charge is -2.21. The summed E-state index contributed by atoms with van der Waals surface area (Å²) in [6.07, 6.45) is 0. The third-order valence-electron chi connectivity index (χ3n) is 2.72. The molecule has 0 aliphatic rings. The monoisotopic (exact) mass is 349 g/mol. The van der Waals surface area contributed by atoms with E-state index in [1.54, 1.807) is 24.3 Å². The van der Waals surface area contributed by atoms with E-state index in [9.17, 15) is 8.42 Å².